The second kappa shape index (κ2) is 16.9. The highest BCUT2D eigenvalue weighted by molar-refractivity contribution is 4.57. The molecule has 0 heterocycles. The van der Waals surface area contributed by atoms with Gasteiger partial charge in [0, 0.05) is 13.2 Å². The minimum absolute atomic E-state index is 0.279. The fourth-order valence-electron chi connectivity index (χ4n) is 1.39. The van der Waals surface area contributed by atoms with E-state index in [4.69, 9.17) is 9.84 Å². The van der Waals surface area contributed by atoms with Gasteiger partial charge in [-0.25, -0.2) is 0 Å². The molecule has 3 heteroatoms. The van der Waals surface area contributed by atoms with Crippen molar-refractivity contribution in [3.8, 4) is 0 Å². The quantitative estimate of drug-likeness (QED) is 0.634. The first kappa shape index (κ1) is 20.2. The average molecular weight is 262 g/mol. The van der Waals surface area contributed by atoms with E-state index in [0.717, 1.165) is 19.4 Å². The van der Waals surface area contributed by atoms with E-state index in [1.54, 1.807) is 0 Å². The molecule has 0 aliphatic carbocycles. The van der Waals surface area contributed by atoms with Gasteiger partial charge in [-0.2, -0.15) is 0 Å². The summed E-state index contributed by atoms with van der Waals surface area (Å²) >= 11 is 0. The molecule has 0 amide bonds. The highest BCUT2D eigenvalue weighted by atomic mass is 16.5. The number of aliphatic hydroxyl groups is 2. The number of hydrogen-bond donors (Lipinski definition) is 2. The van der Waals surface area contributed by atoms with Crippen LogP contribution in [0.3, 0.4) is 0 Å². The van der Waals surface area contributed by atoms with Crippen LogP contribution in [0.2, 0.25) is 0 Å². The minimum atomic E-state index is -0.279. The molecule has 3 nitrogen and oxygen atoms in total. The molecule has 0 aromatic heterocycles. The van der Waals surface area contributed by atoms with Crippen LogP contribution in [-0.2, 0) is 4.74 Å². The first-order valence-corrected chi connectivity index (χ1v) is 7.52. The Hall–Kier alpha value is -0.120. The van der Waals surface area contributed by atoms with Gasteiger partial charge in [-0.1, -0.05) is 47.0 Å². The lowest BCUT2D eigenvalue weighted by molar-refractivity contribution is 0.0176. The Bertz CT molecular complexity index is 138. The molecule has 0 rings (SSSR count). The SMILES string of the molecule is CCCCC(CC)COCC(O)CC.CCCO. The van der Waals surface area contributed by atoms with Crippen LogP contribution < -0.4 is 0 Å². The molecule has 0 fully saturated rings. The highest BCUT2D eigenvalue weighted by Gasteiger charge is 2.07. The van der Waals surface area contributed by atoms with Gasteiger partial charge in [-0.05, 0) is 25.2 Å². The molecule has 0 radical (unpaired) electrons. The monoisotopic (exact) mass is 262 g/mol. The van der Waals surface area contributed by atoms with E-state index < -0.39 is 0 Å². The number of aliphatic hydroxyl groups excluding tert-OH is 2. The number of ether oxygens (including phenoxy) is 1. The van der Waals surface area contributed by atoms with Gasteiger partial charge in [0.15, 0.2) is 0 Å². The largest absolute Gasteiger partial charge is 0.396 e. The van der Waals surface area contributed by atoms with Gasteiger partial charge in [0.1, 0.15) is 0 Å². The summed E-state index contributed by atoms with van der Waals surface area (Å²) in [5.41, 5.74) is 0. The Morgan fingerprint density at radius 1 is 0.944 bits per heavy atom. The van der Waals surface area contributed by atoms with Gasteiger partial charge in [0.25, 0.3) is 0 Å². The molecule has 112 valence electrons. The first-order valence-electron chi connectivity index (χ1n) is 7.52. The predicted molar refractivity (Wildman–Crippen MR) is 77.8 cm³/mol. The standard InChI is InChI=1S/C12H26O2.C3H8O/c1-4-7-8-11(5-2)9-14-10-12(13)6-3;1-2-3-4/h11-13H,4-10H2,1-3H3;4H,2-3H2,1H3. The molecular weight excluding hydrogens is 228 g/mol. The smallest absolute Gasteiger partial charge is 0.0771 e. The lowest BCUT2D eigenvalue weighted by Crippen LogP contribution is -2.17. The Labute approximate surface area is 114 Å². The van der Waals surface area contributed by atoms with Crippen LogP contribution in [0, 0.1) is 5.92 Å². The molecule has 0 saturated carbocycles. The third-order valence-corrected chi connectivity index (χ3v) is 2.90. The second-order valence-electron chi connectivity index (χ2n) is 4.74. The Morgan fingerprint density at radius 2 is 1.56 bits per heavy atom. The van der Waals surface area contributed by atoms with E-state index in [2.05, 4.69) is 13.8 Å². The van der Waals surface area contributed by atoms with E-state index in [1.807, 2.05) is 13.8 Å². The average Bonchev–Trinajstić information content (AvgIpc) is 2.42. The zero-order chi connectivity index (χ0) is 14.2. The molecule has 0 saturated heterocycles. The molecule has 0 aliphatic rings. The van der Waals surface area contributed by atoms with Crippen LogP contribution in [0.15, 0.2) is 0 Å². The van der Waals surface area contributed by atoms with Crippen LogP contribution >= 0.6 is 0 Å². The second-order valence-corrected chi connectivity index (χ2v) is 4.74. The molecule has 2 N–H and O–H groups in total. The fraction of sp³-hybridized carbons (Fsp3) is 1.00. The third kappa shape index (κ3) is 15.9. The number of rotatable bonds is 10. The van der Waals surface area contributed by atoms with Crippen molar-refractivity contribution in [2.75, 3.05) is 19.8 Å². The van der Waals surface area contributed by atoms with Crippen molar-refractivity contribution in [1.82, 2.24) is 0 Å². The predicted octanol–water partition coefficient (Wildman–Crippen LogP) is 3.38. The first-order chi connectivity index (χ1) is 8.65. The van der Waals surface area contributed by atoms with Crippen molar-refractivity contribution in [2.45, 2.75) is 72.3 Å². The normalized spacial score (nSPS) is 13.7. The highest BCUT2D eigenvalue weighted by Crippen LogP contribution is 2.12. The lowest BCUT2D eigenvalue weighted by Gasteiger charge is -2.16. The maximum absolute atomic E-state index is 9.29. The van der Waals surface area contributed by atoms with Gasteiger partial charge >= 0.3 is 0 Å². The minimum Gasteiger partial charge on any atom is -0.396 e. The Kier molecular flexibility index (Phi) is 18.9. The summed E-state index contributed by atoms with van der Waals surface area (Å²) < 4.78 is 5.49. The van der Waals surface area contributed by atoms with Crippen molar-refractivity contribution in [3.05, 3.63) is 0 Å². The van der Waals surface area contributed by atoms with Crippen molar-refractivity contribution in [2.24, 2.45) is 5.92 Å². The van der Waals surface area contributed by atoms with E-state index in [0.29, 0.717) is 19.1 Å². The van der Waals surface area contributed by atoms with E-state index in [1.165, 1.54) is 25.7 Å². The molecule has 2 atom stereocenters. The van der Waals surface area contributed by atoms with Crippen LogP contribution in [0.25, 0.3) is 0 Å². The number of unbranched alkanes of at least 4 members (excludes halogenated alkanes) is 1. The lowest BCUT2D eigenvalue weighted by atomic mass is 10.0. The summed E-state index contributed by atoms with van der Waals surface area (Å²) in [7, 11) is 0. The van der Waals surface area contributed by atoms with E-state index in [9.17, 15) is 5.11 Å². The van der Waals surface area contributed by atoms with Gasteiger partial charge in [0.05, 0.1) is 12.7 Å². The summed E-state index contributed by atoms with van der Waals surface area (Å²) in [5, 5.41) is 17.2. The Morgan fingerprint density at radius 3 is 1.94 bits per heavy atom. The van der Waals surface area contributed by atoms with Gasteiger partial charge in [0.2, 0.25) is 0 Å². The molecule has 0 aliphatic heterocycles. The zero-order valence-corrected chi connectivity index (χ0v) is 12.8. The topological polar surface area (TPSA) is 49.7 Å². The summed E-state index contributed by atoms with van der Waals surface area (Å²) in [6.07, 6.45) is 6.37. The molecule has 0 spiro atoms. The third-order valence-electron chi connectivity index (χ3n) is 2.90. The van der Waals surface area contributed by atoms with E-state index in [-0.39, 0.29) is 6.10 Å². The van der Waals surface area contributed by atoms with Crippen LogP contribution in [0.5, 0.6) is 0 Å². The maximum Gasteiger partial charge on any atom is 0.0771 e. The van der Waals surface area contributed by atoms with Crippen molar-refractivity contribution in [1.29, 1.82) is 0 Å². The van der Waals surface area contributed by atoms with Gasteiger partial charge in [-0.3, -0.25) is 0 Å². The van der Waals surface area contributed by atoms with Gasteiger partial charge in [-0.15, -0.1) is 0 Å². The van der Waals surface area contributed by atoms with Crippen LogP contribution in [0.4, 0.5) is 0 Å². The van der Waals surface area contributed by atoms with Crippen molar-refractivity contribution in [3.63, 3.8) is 0 Å². The van der Waals surface area contributed by atoms with Crippen molar-refractivity contribution < 1.29 is 14.9 Å². The molecule has 0 bridgehead atoms. The summed E-state index contributed by atoms with van der Waals surface area (Å²) in [5.74, 6) is 0.680. The van der Waals surface area contributed by atoms with Crippen LogP contribution in [0.1, 0.15) is 66.2 Å². The van der Waals surface area contributed by atoms with E-state index >= 15 is 0 Å². The summed E-state index contributed by atoms with van der Waals surface area (Å²) in [4.78, 5) is 0. The summed E-state index contributed by atoms with van der Waals surface area (Å²) in [6, 6.07) is 0. The number of hydrogen-bond acceptors (Lipinski definition) is 3. The van der Waals surface area contributed by atoms with Crippen molar-refractivity contribution >= 4 is 0 Å². The molecule has 2 unspecified atom stereocenters. The molecular formula is C15H34O3. The summed E-state index contributed by atoms with van der Waals surface area (Å²) in [6.45, 7) is 9.96. The zero-order valence-electron chi connectivity index (χ0n) is 12.8. The van der Waals surface area contributed by atoms with Gasteiger partial charge < -0.3 is 14.9 Å². The Balaban J connectivity index is 0. The molecule has 18 heavy (non-hydrogen) atoms. The molecule has 0 aromatic carbocycles. The maximum atomic E-state index is 9.29. The fourth-order valence-corrected chi connectivity index (χ4v) is 1.39. The van der Waals surface area contributed by atoms with Crippen LogP contribution in [-0.4, -0.2) is 36.1 Å². The molecule has 0 aromatic rings.